The minimum atomic E-state index is -0.454. The normalized spacial score (nSPS) is 10.4. The molecular weight excluding hydrogens is 240 g/mol. The quantitative estimate of drug-likeness (QED) is 0.822. The molecule has 2 aromatic heterocycles. The van der Waals surface area contributed by atoms with Crippen LogP contribution < -0.4 is 5.32 Å². The maximum absolute atomic E-state index is 11.3. The zero-order valence-corrected chi connectivity index (χ0v) is 10.1. The molecule has 0 atom stereocenters. The molecule has 0 aliphatic rings. The first kappa shape index (κ1) is 11.8. The maximum Gasteiger partial charge on any atom is 0.374 e. The highest BCUT2D eigenvalue weighted by atomic mass is 32.1. The molecule has 0 fully saturated rings. The van der Waals surface area contributed by atoms with E-state index in [1.54, 1.807) is 22.9 Å². The van der Waals surface area contributed by atoms with Gasteiger partial charge in [-0.3, -0.25) is 4.98 Å². The van der Waals surface area contributed by atoms with E-state index in [4.69, 9.17) is 4.42 Å². The summed E-state index contributed by atoms with van der Waals surface area (Å²) in [5.41, 5.74) is 2.58. The molecule has 0 unspecified atom stereocenters. The molecule has 0 spiro atoms. The molecule has 0 bridgehead atoms. The molecule has 2 aromatic rings. The molecule has 17 heavy (non-hydrogen) atoms. The van der Waals surface area contributed by atoms with E-state index in [0.29, 0.717) is 6.54 Å². The average molecular weight is 252 g/mol. The predicted octanol–water partition coefficient (Wildman–Crippen LogP) is 1.81. The van der Waals surface area contributed by atoms with Gasteiger partial charge in [0.05, 0.1) is 18.9 Å². The number of furan rings is 1. The number of esters is 1. The first-order valence-electron chi connectivity index (χ1n) is 5.04. The number of nitrogens with zero attached hydrogens (tertiary/aromatic N) is 1. The lowest BCUT2D eigenvalue weighted by Crippen LogP contribution is -2.14. The lowest BCUT2D eigenvalue weighted by Gasteiger charge is -2.02. The molecule has 0 aromatic carbocycles. The fourth-order valence-corrected chi connectivity index (χ4v) is 1.96. The fraction of sp³-hybridized carbons (Fsp3) is 0.273. The summed E-state index contributed by atoms with van der Waals surface area (Å²) in [6.45, 7) is 1.27. The molecular formula is C11H12N2O3S. The molecule has 0 radical (unpaired) electrons. The lowest BCUT2D eigenvalue weighted by atomic mass is 10.2. The Labute approximate surface area is 102 Å². The maximum atomic E-state index is 11.3. The topological polar surface area (TPSA) is 64.4 Å². The van der Waals surface area contributed by atoms with Gasteiger partial charge in [0.25, 0.3) is 0 Å². The first-order chi connectivity index (χ1) is 8.31. The third-order valence-electron chi connectivity index (χ3n) is 2.22. The average Bonchev–Trinajstić information content (AvgIpc) is 2.99. The van der Waals surface area contributed by atoms with Gasteiger partial charge in [0.15, 0.2) is 0 Å². The van der Waals surface area contributed by atoms with Gasteiger partial charge in [-0.05, 0) is 6.07 Å². The number of hydrogen-bond donors (Lipinski definition) is 1. The predicted molar refractivity (Wildman–Crippen MR) is 62.7 cm³/mol. The molecule has 1 N–H and O–H groups in total. The van der Waals surface area contributed by atoms with Crippen LogP contribution in [0.2, 0.25) is 0 Å². The highest BCUT2D eigenvalue weighted by molar-refractivity contribution is 7.09. The number of aromatic nitrogens is 1. The molecule has 2 heterocycles. The van der Waals surface area contributed by atoms with Gasteiger partial charge in [-0.25, -0.2) is 4.79 Å². The van der Waals surface area contributed by atoms with Crippen LogP contribution in [0.5, 0.6) is 0 Å². The van der Waals surface area contributed by atoms with Crippen LogP contribution in [0.4, 0.5) is 0 Å². The number of ether oxygens (including phenoxy) is 1. The van der Waals surface area contributed by atoms with Crippen molar-refractivity contribution >= 4 is 17.3 Å². The summed E-state index contributed by atoms with van der Waals surface area (Å²) in [4.78, 5) is 16.5. The Morgan fingerprint density at radius 1 is 1.59 bits per heavy atom. The van der Waals surface area contributed by atoms with E-state index < -0.39 is 5.97 Å². The van der Waals surface area contributed by atoms with Gasteiger partial charge in [-0.15, -0.1) is 11.3 Å². The van der Waals surface area contributed by atoms with Crippen LogP contribution in [0.3, 0.4) is 0 Å². The van der Waals surface area contributed by atoms with E-state index in [9.17, 15) is 4.79 Å². The van der Waals surface area contributed by atoms with E-state index in [1.807, 2.05) is 6.20 Å². The van der Waals surface area contributed by atoms with Crippen molar-refractivity contribution in [2.75, 3.05) is 7.11 Å². The molecule has 0 saturated heterocycles. The van der Waals surface area contributed by atoms with E-state index in [0.717, 1.165) is 17.0 Å². The van der Waals surface area contributed by atoms with E-state index >= 15 is 0 Å². The van der Waals surface area contributed by atoms with Gasteiger partial charge in [0, 0.05) is 29.7 Å². The van der Waals surface area contributed by atoms with Gasteiger partial charge < -0.3 is 14.5 Å². The van der Waals surface area contributed by atoms with Crippen LogP contribution >= 0.6 is 11.3 Å². The number of methoxy groups -OCH3 is 1. The third-order valence-corrected chi connectivity index (χ3v) is 3.00. The highest BCUT2D eigenvalue weighted by Crippen LogP contribution is 2.12. The summed E-state index contributed by atoms with van der Waals surface area (Å²) in [7, 11) is 1.33. The Hall–Kier alpha value is -1.66. The van der Waals surface area contributed by atoms with Crippen molar-refractivity contribution in [3.8, 4) is 0 Å². The van der Waals surface area contributed by atoms with Crippen molar-refractivity contribution in [1.82, 2.24) is 10.3 Å². The second kappa shape index (κ2) is 5.60. The number of carbonyl (C=O) groups is 1. The van der Waals surface area contributed by atoms with Gasteiger partial charge in [0.1, 0.15) is 0 Å². The second-order valence-electron chi connectivity index (χ2n) is 3.34. The van der Waals surface area contributed by atoms with Crippen molar-refractivity contribution in [3.63, 3.8) is 0 Å². The molecule has 0 aliphatic heterocycles. The molecule has 6 heteroatoms. The molecule has 5 nitrogen and oxygen atoms in total. The highest BCUT2D eigenvalue weighted by Gasteiger charge is 2.15. The van der Waals surface area contributed by atoms with E-state index in [2.05, 4.69) is 15.0 Å². The van der Waals surface area contributed by atoms with Crippen molar-refractivity contribution in [2.24, 2.45) is 0 Å². The van der Waals surface area contributed by atoms with Gasteiger partial charge in [0.2, 0.25) is 5.76 Å². The van der Waals surface area contributed by atoms with Crippen LogP contribution in [0.1, 0.15) is 21.0 Å². The van der Waals surface area contributed by atoms with Crippen molar-refractivity contribution < 1.29 is 13.9 Å². The summed E-state index contributed by atoms with van der Waals surface area (Å²) < 4.78 is 9.70. The van der Waals surface area contributed by atoms with Crippen LogP contribution in [0, 0.1) is 0 Å². The van der Waals surface area contributed by atoms with Crippen LogP contribution in [0.15, 0.2) is 28.5 Å². The van der Waals surface area contributed by atoms with E-state index in [1.165, 1.54) is 13.4 Å². The van der Waals surface area contributed by atoms with E-state index in [-0.39, 0.29) is 5.76 Å². The Kier molecular flexibility index (Phi) is 3.89. The molecule has 0 saturated carbocycles. The number of hydrogen-bond acceptors (Lipinski definition) is 6. The van der Waals surface area contributed by atoms with Crippen LogP contribution in [-0.2, 0) is 17.8 Å². The first-order valence-corrected chi connectivity index (χ1v) is 5.92. The number of nitrogens with one attached hydrogen (secondary N) is 1. The molecule has 0 aliphatic carbocycles. The minimum absolute atomic E-state index is 0.254. The van der Waals surface area contributed by atoms with Gasteiger partial charge in [-0.2, -0.15) is 0 Å². The number of rotatable bonds is 5. The summed E-state index contributed by atoms with van der Waals surface area (Å²) in [5.74, 6) is -0.200. The van der Waals surface area contributed by atoms with Gasteiger partial charge in [-0.1, -0.05) is 0 Å². The molecule has 90 valence electrons. The zero-order chi connectivity index (χ0) is 12.1. The summed E-state index contributed by atoms with van der Waals surface area (Å²) in [6, 6.07) is 1.76. The molecule has 0 amide bonds. The van der Waals surface area contributed by atoms with Gasteiger partial charge >= 0.3 is 5.97 Å². The van der Waals surface area contributed by atoms with Crippen molar-refractivity contribution in [1.29, 1.82) is 0 Å². The van der Waals surface area contributed by atoms with Crippen molar-refractivity contribution in [2.45, 2.75) is 13.1 Å². The Balaban J connectivity index is 1.91. The molecule has 2 rings (SSSR count). The Morgan fingerprint density at radius 2 is 2.47 bits per heavy atom. The fourth-order valence-electron chi connectivity index (χ4n) is 1.40. The smallest absolute Gasteiger partial charge is 0.374 e. The standard InChI is InChI=1S/C11H12N2O3S/c1-15-11(14)10-8(2-3-16-10)4-12-5-9-6-13-7-17-9/h2-3,6-7,12H,4-5H2,1H3. The Morgan fingerprint density at radius 3 is 3.18 bits per heavy atom. The second-order valence-corrected chi connectivity index (χ2v) is 4.31. The van der Waals surface area contributed by atoms with Crippen LogP contribution in [0.25, 0.3) is 0 Å². The minimum Gasteiger partial charge on any atom is -0.463 e. The summed E-state index contributed by atoms with van der Waals surface area (Å²) in [6.07, 6.45) is 3.30. The van der Waals surface area contributed by atoms with Crippen LogP contribution in [-0.4, -0.2) is 18.1 Å². The monoisotopic (exact) mass is 252 g/mol. The number of carbonyl (C=O) groups excluding carboxylic acids is 1. The summed E-state index contributed by atoms with van der Waals surface area (Å²) in [5, 5.41) is 3.21. The Bertz CT molecular complexity index is 479. The summed E-state index contributed by atoms with van der Waals surface area (Å²) >= 11 is 1.59. The largest absolute Gasteiger partial charge is 0.463 e. The SMILES string of the molecule is COC(=O)c1occc1CNCc1cncs1. The van der Waals surface area contributed by atoms with Crippen molar-refractivity contribution in [3.05, 3.63) is 40.2 Å². The zero-order valence-electron chi connectivity index (χ0n) is 9.30. The third kappa shape index (κ3) is 2.92. The number of thiazole rings is 1. The lowest BCUT2D eigenvalue weighted by molar-refractivity contribution is 0.0563.